The van der Waals surface area contributed by atoms with Crippen LogP contribution in [0.25, 0.3) is 0 Å². The molecule has 0 radical (unpaired) electrons. The van der Waals surface area contributed by atoms with Crippen LogP contribution in [0.1, 0.15) is 17.5 Å². The zero-order valence-corrected chi connectivity index (χ0v) is 18.4. The Morgan fingerprint density at radius 1 is 0.938 bits per heavy atom. The number of nitrogens with zero attached hydrogens (tertiary/aromatic N) is 3. The minimum atomic E-state index is -1.33. The van der Waals surface area contributed by atoms with Crippen molar-refractivity contribution in [2.45, 2.75) is 31.1 Å². The van der Waals surface area contributed by atoms with Crippen LogP contribution >= 0.6 is 0 Å². The van der Waals surface area contributed by atoms with E-state index in [2.05, 4.69) is 9.80 Å². The Morgan fingerprint density at radius 3 is 2.28 bits per heavy atom. The molecule has 2 heterocycles. The molecule has 0 saturated carbocycles. The summed E-state index contributed by atoms with van der Waals surface area (Å²) in [5.41, 5.74) is 0.696. The SMILES string of the molecule is O=C(Cc1ccccc1)N1CC[C@@H](O)[C@](O)(CN2CCN(Cc3ccc(F)cc3)CC2)C1. The minimum Gasteiger partial charge on any atom is -0.390 e. The summed E-state index contributed by atoms with van der Waals surface area (Å²) in [6, 6.07) is 16.2. The normalized spacial score (nSPS) is 25.1. The average Bonchev–Trinajstić information content (AvgIpc) is 2.79. The van der Waals surface area contributed by atoms with Crippen molar-refractivity contribution < 1.29 is 19.4 Å². The molecule has 0 bridgehead atoms. The van der Waals surface area contributed by atoms with Gasteiger partial charge in [0.2, 0.25) is 5.91 Å². The van der Waals surface area contributed by atoms with Gasteiger partial charge in [0, 0.05) is 45.8 Å². The molecular formula is C25H32FN3O3. The predicted octanol–water partition coefficient (Wildman–Crippen LogP) is 1.51. The van der Waals surface area contributed by atoms with Gasteiger partial charge in [-0.3, -0.25) is 14.6 Å². The Morgan fingerprint density at radius 2 is 1.59 bits per heavy atom. The number of hydrogen-bond acceptors (Lipinski definition) is 5. The third kappa shape index (κ3) is 5.72. The first-order valence-electron chi connectivity index (χ1n) is 11.3. The third-order valence-electron chi connectivity index (χ3n) is 6.59. The number of β-amino-alcohol motifs (C(OH)–C–C–N with tert-alkyl or cyclic N) is 1. The molecule has 1 amide bonds. The zero-order chi connectivity index (χ0) is 22.6. The molecule has 2 aromatic carbocycles. The molecule has 2 aromatic rings. The molecule has 7 heteroatoms. The molecular weight excluding hydrogens is 409 g/mol. The number of amides is 1. The summed E-state index contributed by atoms with van der Waals surface area (Å²) in [4.78, 5) is 18.9. The highest BCUT2D eigenvalue weighted by molar-refractivity contribution is 5.79. The quantitative estimate of drug-likeness (QED) is 0.712. The van der Waals surface area contributed by atoms with E-state index in [-0.39, 0.29) is 18.3 Å². The highest BCUT2D eigenvalue weighted by atomic mass is 19.1. The van der Waals surface area contributed by atoms with Crippen LogP contribution in [0.4, 0.5) is 4.39 Å². The fourth-order valence-corrected chi connectivity index (χ4v) is 4.65. The number of rotatable bonds is 6. The Labute approximate surface area is 188 Å². The van der Waals surface area contributed by atoms with Crippen LogP contribution in [0.3, 0.4) is 0 Å². The highest BCUT2D eigenvalue weighted by Crippen LogP contribution is 2.25. The lowest BCUT2D eigenvalue weighted by molar-refractivity contribution is -0.156. The van der Waals surface area contributed by atoms with Gasteiger partial charge in [-0.25, -0.2) is 4.39 Å². The van der Waals surface area contributed by atoms with Gasteiger partial charge in [0.05, 0.1) is 19.1 Å². The summed E-state index contributed by atoms with van der Waals surface area (Å²) < 4.78 is 13.1. The molecule has 0 spiro atoms. The summed E-state index contributed by atoms with van der Waals surface area (Å²) in [6.45, 7) is 4.93. The second-order valence-electron chi connectivity index (χ2n) is 9.06. The molecule has 172 valence electrons. The summed E-state index contributed by atoms with van der Waals surface area (Å²) in [5, 5.41) is 21.8. The van der Waals surface area contributed by atoms with Gasteiger partial charge < -0.3 is 15.1 Å². The molecule has 2 saturated heterocycles. The number of aliphatic hydroxyl groups excluding tert-OH is 1. The number of likely N-dealkylation sites (tertiary alicyclic amines) is 1. The van der Waals surface area contributed by atoms with Crippen molar-refractivity contribution in [3.8, 4) is 0 Å². The van der Waals surface area contributed by atoms with E-state index >= 15 is 0 Å². The van der Waals surface area contributed by atoms with Gasteiger partial charge in [0.25, 0.3) is 0 Å². The largest absolute Gasteiger partial charge is 0.390 e. The summed E-state index contributed by atoms with van der Waals surface area (Å²) in [6.07, 6.45) is -0.170. The van der Waals surface area contributed by atoms with Crippen LogP contribution in [0.2, 0.25) is 0 Å². The number of aliphatic hydroxyl groups is 2. The van der Waals surface area contributed by atoms with E-state index in [9.17, 15) is 19.4 Å². The van der Waals surface area contributed by atoms with Gasteiger partial charge in [-0.2, -0.15) is 0 Å². The van der Waals surface area contributed by atoms with E-state index in [1.807, 2.05) is 42.5 Å². The molecule has 2 aliphatic rings. The molecule has 0 unspecified atom stereocenters. The molecule has 2 atom stereocenters. The molecule has 2 aliphatic heterocycles. The number of carbonyl (C=O) groups is 1. The second kappa shape index (κ2) is 10.1. The molecule has 4 rings (SSSR count). The van der Waals surface area contributed by atoms with Crippen molar-refractivity contribution in [3.63, 3.8) is 0 Å². The number of benzene rings is 2. The Hall–Kier alpha value is -2.32. The van der Waals surface area contributed by atoms with E-state index in [4.69, 9.17) is 0 Å². The maximum Gasteiger partial charge on any atom is 0.227 e. The van der Waals surface area contributed by atoms with E-state index < -0.39 is 11.7 Å². The fourth-order valence-electron chi connectivity index (χ4n) is 4.65. The molecule has 2 N–H and O–H groups in total. The topological polar surface area (TPSA) is 67.2 Å². The number of carbonyl (C=O) groups excluding carboxylic acids is 1. The van der Waals surface area contributed by atoms with Crippen LogP contribution in [0, 0.1) is 5.82 Å². The first-order valence-corrected chi connectivity index (χ1v) is 11.3. The van der Waals surface area contributed by atoms with Gasteiger partial charge in [0.15, 0.2) is 0 Å². The van der Waals surface area contributed by atoms with Crippen molar-refractivity contribution in [2.24, 2.45) is 0 Å². The Kier molecular flexibility index (Phi) is 7.20. The van der Waals surface area contributed by atoms with Crippen molar-refractivity contribution in [1.82, 2.24) is 14.7 Å². The number of piperazine rings is 1. The summed E-state index contributed by atoms with van der Waals surface area (Å²) in [7, 11) is 0. The van der Waals surface area contributed by atoms with E-state index in [1.54, 1.807) is 4.90 Å². The standard InChI is InChI=1S/C25H32FN3O3/c26-22-8-6-21(7-9-22)17-27-12-14-28(15-13-27)18-25(32)19-29(11-10-23(25)30)24(31)16-20-4-2-1-3-5-20/h1-9,23,30,32H,10-19H2/t23-,25+/m1/s1. The average molecular weight is 442 g/mol. The molecule has 0 aliphatic carbocycles. The van der Waals surface area contributed by atoms with Gasteiger partial charge in [-0.15, -0.1) is 0 Å². The van der Waals surface area contributed by atoms with E-state index in [0.717, 1.165) is 43.9 Å². The molecule has 0 aromatic heterocycles. The maximum absolute atomic E-state index is 13.1. The Balaban J connectivity index is 1.29. The van der Waals surface area contributed by atoms with Crippen LogP contribution in [-0.2, 0) is 17.8 Å². The van der Waals surface area contributed by atoms with Gasteiger partial charge >= 0.3 is 0 Å². The number of hydrogen-bond donors (Lipinski definition) is 2. The minimum absolute atomic E-state index is 0.0226. The van der Waals surface area contributed by atoms with Gasteiger partial charge in [-0.05, 0) is 29.7 Å². The van der Waals surface area contributed by atoms with E-state index in [1.165, 1.54) is 12.1 Å². The molecule has 6 nitrogen and oxygen atoms in total. The lowest BCUT2D eigenvalue weighted by Gasteiger charge is -2.46. The van der Waals surface area contributed by atoms with Crippen LogP contribution in [-0.4, -0.2) is 88.3 Å². The number of halogens is 1. The first-order chi connectivity index (χ1) is 15.4. The highest BCUT2D eigenvalue weighted by Gasteiger charge is 2.43. The van der Waals surface area contributed by atoms with Crippen LogP contribution < -0.4 is 0 Å². The van der Waals surface area contributed by atoms with Crippen LogP contribution in [0.15, 0.2) is 54.6 Å². The Bertz CT molecular complexity index is 887. The summed E-state index contributed by atoms with van der Waals surface area (Å²) >= 11 is 0. The maximum atomic E-state index is 13.1. The first kappa shape index (κ1) is 22.9. The van der Waals surface area contributed by atoms with Crippen molar-refractivity contribution in [1.29, 1.82) is 0 Å². The lowest BCUT2D eigenvalue weighted by atomic mass is 9.88. The third-order valence-corrected chi connectivity index (χ3v) is 6.59. The summed E-state index contributed by atoms with van der Waals surface area (Å²) in [5.74, 6) is -0.250. The second-order valence-corrected chi connectivity index (χ2v) is 9.06. The van der Waals surface area contributed by atoms with Crippen molar-refractivity contribution in [3.05, 3.63) is 71.5 Å². The zero-order valence-electron chi connectivity index (χ0n) is 18.4. The van der Waals surface area contributed by atoms with Crippen LogP contribution in [0.5, 0.6) is 0 Å². The fraction of sp³-hybridized carbons (Fsp3) is 0.480. The van der Waals surface area contributed by atoms with Gasteiger partial charge in [-0.1, -0.05) is 42.5 Å². The molecule has 32 heavy (non-hydrogen) atoms. The smallest absolute Gasteiger partial charge is 0.227 e. The van der Waals surface area contributed by atoms with Gasteiger partial charge in [0.1, 0.15) is 11.4 Å². The van der Waals surface area contributed by atoms with E-state index in [0.29, 0.717) is 25.9 Å². The predicted molar refractivity (Wildman–Crippen MR) is 120 cm³/mol. The lowest BCUT2D eigenvalue weighted by Crippen LogP contribution is -2.64. The monoisotopic (exact) mass is 441 g/mol. The number of piperidine rings is 1. The van der Waals surface area contributed by atoms with Crippen molar-refractivity contribution >= 4 is 5.91 Å². The van der Waals surface area contributed by atoms with Crippen molar-refractivity contribution in [2.75, 3.05) is 45.8 Å². The molecule has 2 fully saturated rings.